The van der Waals surface area contributed by atoms with Crippen molar-refractivity contribution in [2.24, 2.45) is 5.10 Å². The number of hydrogen-bond donors (Lipinski definition) is 1. The van der Waals surface area contributed by atoms with E-state index in [1.54, 1.807) is 23.5 Å². The third-order valence-electron chi connectivity index (χ3n) is 3.13. The number of amides is 1. The molecule has 6 nitrogen and oxygen atoms in total. The summed E-state index contributed by atoms with van der Waals surface area (Å²) in [5.74, 6) is 0.900. The van der Waals surface area contributed by atoms with Crippen molar-refractivity contribution >= 4 is 23.0 Å². The number of benzene rings is 1. The first-order valence-corrected chi connectivity index (χ1v) is 7.67. The van der Waals surface area contributed by atoms with Crippen molar-refractivity contribution < 1.29 is 19.0 Å². The molecule has 7 heteroatoms. The summed E-state index contributed by atoms with van der Waals surface area (Å²) in [6.07, 6.45) is 0. The van der Waals surface area contributed by atoms with Gasteiger partial charge in [0, 0.05) is 10.4 Å². The zero-order valence-corrected chi connectivity index (χ0v) is 14.2. The summed E-state index contributed by atoms with van der Waals surface area (Å²) < 4.78 is 15.7. The molecule has 2 aromatic rings. The summed E-state index contributed by atoms with van der Waals surface area (Å²) in [4.78, 5) is 13.3. The molecule has 1 amide bonds. The second kappa shape index (κ2) is 7.64. The molecule has 23 heavy (non-hydrogen) atoms. The van der Waals surface area contributed by atoms with Crippen LogP contribution in [0.4, 0.5) is 0 Å². The van der Waals surface area contributed by atoms with Gasteiger partial charge in [-0.05, 0) is 30.5 Å². The minimum atomic E-state index is -0.361. The molecule has 1 heterocycles. The number of carbonyl (C=O) groups is 1. The van der Waals surface area contributed by atoms with E-state index in [2.05, 4.69) is 10.5 Å². The van der Waals surface area contributed by atoms with Gasteiger partial charge < -0.3 is 14.2 Å². The number of rotatable bonds is 6. The SMILES string of the molecule is COc1cc(C(=O)NN=C(C)c2cccs2)cc(OC)c1OC. The van der Waals surface area contributed by atoms with E-state index in [1.165, 1.54) is 21.3 Å². The molecule has 0 aliphatic carbocycles. The van der Waals surface area contributed by atoms with Gasteiger partial charge in [0.05, 0.1) is 27.0 Å². The van der Waals surface area contributed by atoms with E-state index in [4.69, 9.17) is 14.2 Å². The molecule has 1 aromatic heterocycles. The molecule has 0 saturated heterocycles. The molecule has 0 bridgehead atoms. The Hall–Kier alpha value is -2.54. The number of nitrogens with one attached hydrogen (secondary N) is 1. The van der Waals surface area contributed by atoms with Crippen molar-refractivity contribution in [3.05, 3.63) is 40.1 Å². The molecule has 0 spiro atoms. The van der Waals surface area contributed by atoms with Gasteiger partial charge in [0.25, 0.3) is 5.91 Å². The number of methoxy groups -OCH3 is 3. The van der Waals surface area contributed by atoms with Crippen LogP contribution < -0.4 is 19.6 Å². The Kier molecular flexibility index (Phi) is 5.59. The highest BCUT2D eigenvalue weighted by Crippen LogP contribution is 2.38. The van der Waals surface area contributed by atoms with Gasteiger partial charge in [-0.1, -0.05) is 6.07 Å². The first-order chi connectivity index (χ1) is 11.1. The van der Waals surface area contributed by atoms with Crippen LogP contribution in [0.5, 0.6) is 17.2 Å². The predicted octanol–water partition coefficient (Wildman–Crippen LogP) is 2.93. The largest absolute Gasteiger partial charge is 0.493 e. The van der Waals surface area contributed by atoms with Crippen LogP contribution in [0.1, 0.15) is 22.2 Å². The van der Waals surface area contributed by atoms with Crippen molar-refractivity contribution in [2.75, 3.05) is 21.3 Å². The number of thiophene rings is 1. The number of hydrogen-bond acceptors (Lipinski definition) is 6. The fraction of sp³-hybridized carbons (Fsp3) is 0.250. The minimum absolute atomic E-state index is 0.361. The first kappa shape index (κ1) is 16.8. The Morgan fingerprint density at radius 1 is 1.13 bits per heavy atom. The average molecular weight is 334 g/mol. The zero-order valence-electron chi connectivity index (χ0n) is 13.4. The fourth-order valence-corrected chi connectivity index (χ4v) is 2.63. The van der Waals surface area contributed by atoms with Crippen molar-refractivity contribution in [3.63, 3.8) is 0 Å². The van der Waals surface area contributed by atoms with Crippen LogP contribution in [0.3, 0.4) is 0 Å². The standard InChI is InChI=1S/C16H18N2O4S/c1-10(14-6-5-7-23-14)17-18-16(19)11-8-12(20-2)15(22-4)13(9-11)21-3/h5-9H,1-4H3,(H,18,19). The maximum absolute atomic E-state index is 12.3. The van der Waals surface area contributed by atoms with Gasteiger partial charge in [-0.3, -0.25) is 4.79 Å². The molecular formula is C16H18N2O4S. The van der Waals surface area contributed by atoms with Gasteiger partial charge in [0.2, 0.25) is 5.75 Å². The minimum Gasteiger partial charge on any atom is -0.493 e. The van der Waals surface area contributed by atoms with E-state index in [9.17, 15) is 4.79 Å². The van der Waals surface area contributed by atoms with Gasteiger partial charge in [-0.2, -0.15) is 5.10 Å². The second-order valence-corrected chi connectivity index (χ2v) is 5.48. The van der Waals surface area contributed by atoms with Gasteiger partial charge in [-0.15, -0.1) is 11.3 Å². The summed E-state index contributed by atoms with van der Waals surface area (Å²) >= 11 is 1.56. The van der Waals surface area contributed by atoms with Crippen LogP contribution in [0.25, 0.3) is 0 Å². The predicted molar refractivity (Wildman–Crippen MR) is 90.1 cm³/mol. The molecule has 1 aromatic carbocycles. The maximum atomic E-state index is 12.3. The maximum Gasteiger partial charge on any atom is 0.271 e. The Labute approximate surface area is 138 Å². The lowest BCUT2D eigenvalue weighted by molar-refractivity contribution is 0.0954. The molecule has 122 valence electrons. The molecule has 0 unspecified atom stereocenters. The van der Waals surface area contributed by atoms with Gasteiger partial charge in [0.15, 0.2) is 11.5 Å². The average Bonchev–Trinajstić information content (AvgIpc) is 3.12. The van der Waals surface area contributed by atoms with E-state index >= 15 is 0 Å². The van der Waals surface area contributed by atoms with Crippen LogP contribution in [0, 0.1) is 0 Å². The summed E-state index contributed by atoms with van der Waals surface area (Å²) in [6.45, 7) is 1.83. The molecule has 2 rings (SSSR count). The van der Waals surface area contributed by atoms with Crippen LogP contribution in [0.2, 0.25) is 0 Å². The number of ether oxygens (including phenoxy) is 3. The van der Waals surface area contributed by atoms with Gasteiger partial charge >= 0.3 is 0 Å². The van der Waals surface area contributed by atoms with Crippen LogP contribution in [0.15, 0.2) is 34.7 Å². The van der Waals surface area contributed by atoms with Crippen LogP contribution in [-0.2, 0) is 0 Å². The molecule has 0 radical (unpaired) electrons. The summed E-state index contributed by atoms with van der Waals surface area (Å²) in [6, 6.07) is 7.02. The number of hydrazone groups is 1. The molecule has 0 fully saturated rings. The Morgan fingerprint density at radius 3 is 2.26 bits per heavy atom. The van der Waals surface area contributed by atoms with E-state index < -0.39 is 0 Å². The monoisotopic (exact) mass is 334 g/mol. The Balaban J connectivity index is 2.24. The zero-order chi connectivity index (χ0) is 16.8. The third kappa shape index (κ3) is 3.81. The quantitative estimate of drug-likeness (QED) is 0.651. The first-order valence-electron chi connectivity index (χ1n) is 6.79. The summed E-state index contributed by atoms with van der Waals surface area (Å²) in [7, 11) is 4.50. The van der Waals surface area contributed by atoms with E-state index in [0.717, 1.165) is 10.6 Å². The number of nitrogens with zero attached hydrogens (tertiary/aromatic N) is 1. The third-order valence-corrected chi connectivity index (χ3v) is 4.11. The van der Waals surface area contributed by atoms with E-state index in [0.29, 0.717) is 22.8 Å². The van der Waals surface area contributed by atoms with E-state index in [-0.39, 0.29) is 5.91 Å². The molecule has 0 saturated carbocycles. The van der Waals surface area contributed by atoms with Crippen molar-refractivity contribution in [3.8, 4) is 17.2 Å². The molecule has 0 atom stereocenters. The second-order valence-electron chi connectivity index (χ2n) is 4.53. The van der Waals surface area contributed by atoms with Crippen molar-refractivity contribution in [2.45, 2.75) is 6.92 Å². The fourth-order valence-electron chi connectivity index (χ4n) is 1.95. The lowest BCUT2D eigenvalue weighted by Gasteiger charge is -2.13. The van der Waals surface area contributed by atoms with Gasteiger partial charge in [-0.25, -0.2) is 5.43 Å². The number of carbonyl (C=O) groups excluding carboxylic acids is 1. The normalized spacial score (nSPS) is 11.0. The molecule has 0 aliphatic heterocycles. The van der Waals surface area contributed by atoms with Crippen LogP contribution in [-0.4, -0.2) is 32.9 Å². The van der Waals surface area contributed by atoms with Crippen molar-refractivity contribution in [1.82, 2.24) is 5.43 Å². The smallest absolute Gasteiger partial charge is 0.271 e. The van der Waals surface area contributed by atoms with Gasteiger partial charge in [0.1, 0.15) is 0 Å². The van der Waals surface area contributed by atoms with Crippen LogP contribution >= 0.6 is 11.3 Å². The highest BCUT2D eigenvalue weighted by molar-refractivity contribution is 7.12. The Bertz CT molecular complexity index is 686. The lowest BCUT2D eigenvalue weighted by atomic mass is 10.1. The highest BCUT2D eigenvalue weighted by atomic mass is 32.1. The lowest BCUT2D eigenvalue weighted by Crippen LogP contribution is -2.19. The molecule has 0 aliphatic rings. The summed E-state index contributed by atoms with van der Waals surface area (Å²) in [5.41, 5.74) is 3.63. The molecular weight excluding hydrogens is 316 g/mol. The Morgan fingerprint density at radius 2 is 1.78 bits per heavy atom. The van der Waals surface area contributed by atoms with E-state index in [1.807, 2.05) is 24.4 Å². The summed E-state index contributed by atoms with van der Waals surface area (Å²) in [5, 5.41) is 6.06. The van der Waals surface area contributed by atoms with Crippen molar-refractivity contribution in [1.29, 1.82) is 0 Å². The topological polar surface area (TPSA) is 69.2 Å². The molecule has 1 N–H and O–H groups in total. The highest BCUT2D eigenvalue weighted by Gasteiger charge is 2.16.